The molecule has 4 aliphatic carbocycles. The topological polar surface area (TPSA) is 45.6 Å². The molecule has 6 rings (SSSR count). The van der Waals surface area contributed by atoms with Crippen molar-refractivity contribution in [1.82, 2.24) is 4.98 Å². The molecule has 114 valence electrons. The second-order valence-electron chi connectivity index (χ2n) is 7.84. The maximum Gasteiger partial charge on any atom is 0.253 e. The molecule has 4 bridgehead atoms. The molecule has 0 unspecified atom stereocenters. The Kier molecular flexibility index (Phi) is 2.56. The van der Waals surface area contributed by atoms with Crippen LogP contribution in [-0.2, 0) is 4.79 Å². The van der Waals surface area contributed by atoms with Crippen LogP contribution in [0.4, 0.5) is 5.69 Å². The van der Waals surface area contributed by atoms with Crippen molar-refractivity contribution in [2.24, 2.45) is 28.3 Å². The van der Waals surface area contributed by atoms with Crippen LogP contribution in [0.3, 0.4) is 0 Å². The lowest BCUT2D eigenvalue weighted by molar-refractivity contribution is -0.117. The van der Waals surface area contributed by atoms with Gasteiger partial charge in [0, 0.05) is 11.6 Å². The van der Waals surface area contributed by atoms with Crippen LogP contribution in [0.15, 0.2) is 29.6 Å². The van der Waals surface area contributed by atoms with Crippen molar-refractivity contribution in [2.75, 3.05) is 5.01 Å². The molecule has 0 saturated heterocycles. The second kappa shape index (κ2) is 4.40. The van der Waals surface area contributed by atoms with Gasteiger partial charge in [-0.05, 0) is 68.4 Å². The van der Waals surface area contributed by atoms with Gasteiger partial charge in [0.25, 0.3) is 5.91 Å². The van der Waals surface area contributed by atoms with Crippen molar-refractivity contribution in [2.45, 2.75) is 44.9 Å². The summed E-state index contributed by atoms with van der Waals surface area (Å²) < 4.78 is 0. The number of anilines is 1. The summed E-state index contributed by atoms with van der Waals surface area (Å²) in [5, 5.41) is 6.37. The third-order valence-corrected chi connectivity index (χ3v) is 6.32. The van der Waals surface area contributed by atoms with Crippen LogP contribution in [0.2, 0.25) is 0 Å². The van der Waals surface area contributed by atoms with Crippen molar-refractivity contribution in [1.29, 1.82) is 0 Å². The molecular weight excluding hydrogens is 274 g/mol. The van der Waals surface area contributed by atoms with Gasteiger partial charge in [-0.2, -0.15) is 10.1 Å². The first-order chi connectivity index (χ1) is 10.7. The molecule has 22 heavy (non-hydrogen) atoms. The molecule has 0 radical (unpaired) electrons. The van der Waals surface area contributed by atoms with Gasteiger partial charge in [0.05, 0.1) is 24.0 Å². The monoisotopic (exact) mass is 295 g/mol. The van der Waals surface area contributed by atoms with Crippen LogP contribution in [0, 0.1) is 23.2 Å². The van der Waals surface area contributed by atoms with Crippen LogP contribution >= 0.6 is 0 Å². The Balaban J connectivity index is 1.50. The van der Waals surface area contributed by atoms with Crippen molar-refractivity contribution < 1.29 is 4.79 Å². The van der Waals surface area contributed by atoms with E-state index in [-0.39, 0.29) is 11.3 Å². The number of aromatic nitrogens is 1. The van der Waals surface area contributed by atoms with Crippen LogP contribution in [0.25, 0.3) is 0 Å². The Hall–Kier alpha value is -1.71. The minimum absolute atomic E-state index is 0.110. The number of hydrazone groups is 1. The zero-order chi connectivity index (χ0) is 14.7. The van der Waals surface area contributed by atoms with Crippen molar-refractivity contribution >= 4 is 17.3 Å². The zero-order valence-corrected chi connectivity index (χ0v) is 12.7. The van der Waals surface area contributed by atoms with Gasteiger partial charge in [-0.3, -0.25) is 9.78 Å². The molecule has 4 nitrogen and oxygen atoms in total. The highest BCUT2D eigenvalue weighted by molar-refractivity contribution is 6.14. The summed E-state index contributed by atoms with van der Waals surface area (Å²) in [4.78, 5) is 16.6. The molecule has 2 heterocycles. The summed E-state index contributed by atoms with van der Waals surface area (Å²) in [6.45, 7) is 0. The number of pyridine rings is 1. The van der Waals surface area contributed by atoms with E-state index in [4.69, 9.17) is 5.10 Å². The van der Waals surface area contributed by atoms with E-state index in [1.807, 2.05) is 12.1 Å². The number of rotatable bonds is 2. The minimum atomic E-state index is 0.110. The van der Waals surface area contributed by atoms with E-state index in [0.29, 0.717) is 6.42 Å². The summed E-state index contributed by atoms with van der Waals surface area (Å²) in [5.74, 6) is 2.77. The molecule has 4 heteroatoms. The molecule has 0 N–H and O–H groups in total. The molecule has 1 aromatic rings. The van der Waals surface area contributed by atoms with Crippen LogP contribution in [0.1, 0.15) is 44.9 Å². The number of nitrogens with zero attached hydrogens (tertiary/aromatic N) is 3. The number of hydrogen-bond acceptors (Lipinski definition) is 3. The average Bonchev–Trinajstić information content (AvgIpc) is 2.90. The SMILES string of the molecule is O=C1CC(C23CC4CC(CC(C4)C2)C3)=NN1c1cccnc1. The van der Waals surface area contributed by atoms with Gasteiger partial charge in [0.15, 0.2) is 0 Å². The normalized spacial score (nSPS) is 39.5. The molecule has 0 spiro atoms. The molecule has 0 atom stereocenters. The van der Waals surface area contributed by atoms with E-state index in [1.165, 1.54) is 44.2 Å². The predicted octanol–water partition coefficient (Wildman–Crippen LogP) is 3.39. The molecule has 4 saturated carbocycles. The smallest absolute Gasteiger partial charge is 0.253 e. The van der Waals surface area contributed by atoms with Crippen LogP contribution < -0.4 is 5.01 Å². The number of amides is 1. The maximum absolute atomic E-state index is 12.5. The molecule has 1 aromatic heterocycles. The van der Waals surface area contributed by atoms with Crippen LogP contribution in [-0.4, -0.2) is 16.6 Å². The van der Waals surface area contributed by atoms with Gasteiger partial charge in [-0.15, -0.1) is 0 Å². The van der Waals surface area contributed by atoms with E-state index < -0.39 is 0 Å². The fourth-order valence-electron chi connectivity index (χ4n) is 5.87. The predicted molar refractivity (Wildman–Crippen MR) is 84.4 cm³/mol. The van der Waals surface area contributed by atoms with Gasteiger partial charge >= 0.3 is 0 Å². The summed E-state index contributed by atoms with van der Waals surface area (Å²) in [6.07, 6.45) is 12.1. The van der Waals surface area contributed by atoms with Crippen molar-refractivity contribution in [3.05, 3.63) is 24.5 Å². The number of hydrogen-bond donors (Lipinski definition) is 0. The first kappa shape index (κ1) is 12.8. The fourth-order valence-corrected chi connectivity index (χ4v) is 5.87. The van der Waals surface area contributed by atoms with E-state index >= 15 is 0 Å². The summed E-state index contributed by atoms with van der Waals surface area (Å²) >= 11 is 0. The Morgan fingerprint density at radius 2 is 1.77 bits per heavy atom. The van der Waals surface area contributed by atoms with Gasteiger partial charge in [-0.25, -0.2) is 0 Å². The lowest BCUT2D eigenvalue weighted by atomic mass is 9.48. The third-order valence-electron chi connectivity index (χ3n) is 6.32. The Bertz CT molecular complexity index is 616. The highest BCUT2D eigenvalue weighted by Gasteiger charge is 2.54. The van der Waals surface area contributed by atoms with Gasteiger partial charge in [0.1, 0.15) is 0 Å². The third kappa shape index (κ3) is 1.79. The van der Waals surface area contributed by atoms with E-state index in [9.17, 15) is 4.79 Å². The second-order valence-corrected chi connectivity index (χ2v) is 7.84. The fraction of sp³-hybridized carbons (Fsp3) is 0.611. The van der Waals surface area contributed by atoms with E-state index in [1.54, 1.807) is 17.4 Å². The van der Waals surface area contributed by atoms with E-state index in [0.717, 1.165) is 23.4 Å². The number of carbonyl (C=O) groups is 1. The summed E-state index contributed by atoms with van der Waals surface area (Å²) in [7, 11) is 0. The highest BCUT2D eigenvalue weighted by Crippen LogP contribution is 2.61. The first-order valence-corrected chi connectivity index (χ1v) is 8.53. The van der Waals surface area contributed by atoms with Crippen molar-refractivity contribution in [3.8, 4) is 0 Å². The minimum Gasteiger partial charge on any atom is -0.272 e. The quantitative estimate of drug-likeness (QED) is 0.839. The Labute approximate surface area is 130 Å². The average molecular weight is 295 g/mol. The lowest BCUT2D eigenvalue weighted by Gasteiger charge is -2.56. The summed E-state index contributed by atoms with van der Waals surface area (Å²) in [6, 6.07) is 3.78. The first-order valence-electron chi connectivity index (χ1n) is 8.53. The molecule has 0 aromatic carbocycles. The Morgan fingerprint density at radius 1 is 1.09 bits per heavy atom. The molecule has 1 aliphatic heterocycles. The van der Waals surface area contributed by atoms with Crippen molar-refractivity contribution in [3.63, 3.8) is 0 Å². The van der Waals surface area contributed by atoms with Gasteiger partial charge in [-0.1, -0.05) is 0 Å². The summed E-state index contributed by atoms with van der Waals surface area (Å²) in [5.41, 5.74) is 2.20. The molecule has 1 amide bonds. The van der Waals surface area contributed by atoms with Gasteiger partial charge in [0.2, 0.25) is 0 Å². The van der Waals surface area contributed by atoms with Gasteiger partial charge < -0.3 is 0 Å². The largest absolute Gasteiger partial charge is 0.272 e. The van der Waals surface area contributed by atoms with Crippen LogP contribution in [0.5, 0.6) is 0 Å². The number of carbonyl (C=O) groups excluding carboxylic acids is 1. The standard InChI is InChI=1S/C18H21N3O/c22-17-7-16(20-21(17)15-2-1-3-19-11-15)18-8-12-4-13(9-18)6-14(5-12)10-18/h1-3,11-14H,4-10H2. The lowest BCUT2D eigenvalue weighted by Crippen LogP contribution is -2.49. The molecule has 4 fully saturated rings. The highest BCUT2D eigenvalue weighted by atomic mass is 16.2. The molecular formula is C18H21N3O. The van der Waals surface area contributed by atoms with E-state index in [2.05, 4.69) is 4.98 Å². The zero-order valence-electron chi connectivity index (χ0n) is 12.7. The Morgan fingerprint density at radius 3 is 2.36 bits per heavy atom. The maximum atomic E-state index is 12.5. The molecule has 5 aliphatic rings.